The standard InChI is InChI=1S/C18H25N3O/c1-5-21(11-8-16-6-9-19-10-7-16)18(22)13-17-12-14(2)20(4)15(17)3/h6-7,9-10,12H,5,8,11,13H2,1-4H3. The van der Waals surface area contributed by atoms with Crippen molar-refractivity contribution in [2.45, 2.75) is 33.6 Å². The van der Waals surface area contributed by atoms with Gasteiger partial charge in [0.25, 0.3) is 0 Å². The molecule has 118 valence electrons. The summed E-state index contributed by atoms with van der Waals surface area (Å²) in [5.74, 6) is 0.199. The number of likely N-dealkylation sites (N-methyl/N-ethyl adjacent to an activating group) is 1. The maximum absolute atomic E-state index is 12.5. The van der Waals surface area contributed by atoms with Gasteiger partial charge < -0.3 is 9.47 Å². The van der Waals surface area contributed by atoms with Gasteiger partial charge in [-0.15, -0.1) is 0 Å². The first-order chi connectivity index (χ1) is 10.5. The third-order valence-electron chi connectivity index (χ3n) is 4.38. The highest BCUT2D eigenvalue weighted by Crippen LogP contribution is 2.15. The number of hydrogen-bond donors (Lipinski definition) is 0. The molecule has 0 aliphatic heterocycles. The molecule has 0 bridgehead atoms. The fourth-order valence-electron chi connectivity index (χ4n) is 2.66. The van der Waals surface area contributed by atoms with Crippen molar-refractivity contribution in [3.05, 3.63) is 53.1 Å². The predicted molar refractivity (Wildman–Crippen MR) is 88.8 cm³/mol. The van der Waals surface area contributed by atoms with Crippen molar-refractivity contribution in [3.63, 3.8) is 0 Å². The van der Waals surface area contributed by atoms with Crippen LogP contribution in [-0.4, -0.2) is 33.4 Å². The van der Waals surface area contributed by atoms with Crippen molar-refractivity contribution >= 4 is 5.91 Å². The lowest BCUT2D eigenvalue weighted by atomic mass is 10.1. The van der Waals surface area contributed by atoms with Gasteiger partial charge in [-0.1, -0.05) is 0 Å². The fourth-order valence-corrected chi connectivity index (χ4v) is 2.66. The number of amides is 1. The largest absolute Gasteiger partial charge is 0.352 e. The minimum absolute atomic E-state index is 0.199. The van der Waals surface area contributed by atoms with Crippen LogP contribution in [0.1, 0.15) is 29.4 Å². The first kappa shape index (κ1) is 16.3. The molecule has 0 unspecified atom stereocenters. The Hall–Kier alpha value is -2.10. The summed E-state index contributed by atoms with van der Waals surface area (Å²) in [5.41, 5.74) is 4.72. The summed E-state index contributed by atoms with van der Waals surface area (Å²) in [5, 5.41) is 0. The molecule has 0 aliphatic carbocycles. The van der Waals surface area contributed by atoms with Crippen molar-refractivity contribution in [1.29, 1.82) is 0 Å². The number of pyridine rings is 1. The summed E-state index contributed by atoms with van der Waals surface area (Å²) < 4.78 is 2.13. The molecule has 0 N–H and O–H groups in total. The number of nitrogens with zero attached hydrogens (tertiary/aromatic N) is 3. The lowest BCUT2D eigenvalue weighted by Gasteiger charge is -2.21. The minimum atomic E-state index is 0.199. The Bertz CT molecular complexity index is 631. The zero-order chi connectivity index (χ0) is 16.1. The predicted octanol–water partition coefficient (Wildman–Crippen LogP) is 2.67. The number of rotatable bonds is 6. The number of carbonyl (C=O) groups is 1. The normalized spacial score (nSPS) is 10.7. The number of aromatic nitrogens is 2. The summed E-state index contributed by atoms with van der Waals surface area (Å²) in [7, 11) is 2.04. The highest BCUT2D eigenvalue weighted by atomic mass is 16.2. The van der Waals surface area contributed by atoms with E-state index in [1.807, 2.05) is 31.0 Å². The lowest BCUT2D eigenvalue weighted by Crippen LogP contribution is -2.34. The van der Waals surface area contributed by atoms with Gasteiger partial charge in [0.05, 0.1) is 6.42 Å². The summed E-state index contributed by atoms with van der Waals surface area (Å²) >= 11 is 0. The van der Waals surface area contributed by atoms with Crippen LogP contribution in [-0.2, 0) is 24.7 Å². The molecular formula is C18H25N3O. The SMILES string of the molecule is CCN(CCc1ccncc1)C(=O)Cc1cc(C)n(C)c1C. The third-order valence-corrected chi connectivity index (χ3v) is 4.38. The Morgan fingerprint density at radius 2 is 1.95 bits per heavy atom. The Morgan fingerprint density at radius 3 is 2.50 bits per heavy atom. The average Bonchev–Trinajstić information content (AvgIpc) is 2.76. The highest BCUT2D eigenvalue weighted by Gasteiger charge is 2.15. The molecule has 0 fully saturated rings. The zero-order valence-electron chi connectivity index (χ0n) is 14.0. The topological polar surface area (TPSA) is 38.1 Å². The molecule has 4 nitrogen and oxygen atoms in total. The van der Waals surface area contributed by atoms with Crippen molar-refractivity contribution in [2.24, 2.45) is 7.05 Å². The number of hydrogen-bond acceptors (Lipinski definition) is 2. The van der Waals surface area contributed by atoms with Gasteiger partial charge in [-0.25, -0.2) is 0 Å². The van der Waals surface area contributed by atoms with Gasteiger partial charge in [0.2, 0.25) is 5.91 Å². The Balaban J connectivity index is 1.98. The molecular weight excluding hydrogens is 274 g/mol. The fraction of sp³-hybridized carbons (Fsp3) is 0.444. The highest BCUT2D eigenvalue weighted by molar-refractivity contribution is 5.79. The van der Waals surface area contributed by atoms with E-state index in [1.165, 1.54) is 17.0 Å². The van der Waals surface area contributed by atoms with E-state index >= 15 is 0 Å². The van der Waals surface area contributed by atoms with E-state index in [1.54, 1.807) is 12.4 Å². The molecule has 2 rings (SSSR count). The van der Waals surface area contributed by atoms with E-state index in [9.17, 15) is 4.79 Å². The van der Waals surface area contributed by atoms with Crippen LogP contribution in [0.4, 0.5) is 0 Å². The third kappa shape index (κ3) is 3.75. The van der Waals surface area contributed by atoms with Crippen LogP contribution in [0.2, 0.25) is 0 Å². The van der Waals surface area contributed by atoms with Crippen molar-refractivity contribution in [1.82, 2.24) is 14.5 Å². The van der Waals surface area contributed by atoms with Crippen LogP contribution in [0.3, 0.4) is 0 Å². The van der Waals surface area contributed by atoms with Crippen LogP contribution in [0.25, 0.3) is 0 Å². The van der Waals surface area contributed by atoms with E-state index in [0.29, 0.717) is 6.42 Å². The smallest absolute Gasteiger partial charge is 0.227 e. The Kier molecular flexibility index (Phi) is 5.36. The second-order valence-electron chi connectivity index (χ2n) is 5.71. The Labute approximate surface area is 132 Å². The maximum atomic E-state index is 12.5. The minimum Gasteiger partial charge on any atom is -0.352 e. The molecule has 0 saturated heterocycles. The number of aryl methyl sites for hydroxylation is 1. The van der Waals surface area contributed by atoms with Gasteiger partial charge in [0.1, 0.15) is 0 Å². The first-order valence-corrected chi connectivity index (χ1v) is 7.81. The van der Waals surface area contributed by atoms with Crippen molar-refractivity contribution in [2.75, 3.05) is 13.1 Å². The average molecular weight is 299 g/mol. The second kappa shape index (κ2) is 7.25. The van der Waals surface area contributed by atoms with Crippen LogP contribution in [0, 0.1) is 13.8 Å². The van der Waals surface area contributed by atoms with Gasteiger partial charge in [0, 0.05) is 43.9 Å². The number of carbonyl (C=O) groups excluding carboxylic acids is 1. The second-order valence-corrected chi connectivity index (χ2v) is 5.71. The van der Waals surface area contributed by atoms with Gasteiger partial charge >= 0.3 is 0 Å². The monoisotopic (exact) mass is 299 g/mol. The van der Waals surface area contributed by atoms with E-state index in [0.717, 1.165) is 25.1 Å². The summed E-state index contributed by atoms with van der Waals surface area (Å²) in [6.45, 7) is 7.68. The van der Waals surface area contributed by atoms with Crippen molar-refractivity contribution in [3.8, 4) is 0 Å². The van der Waals surface area contributed by atoms with E-state index in [2.05, 4.69) is 29.5 Å². The molecule has 0 radical (unpaired) electrons. The van der Waals surface area contributed by atoms with Crippen LogP contribution in [0.15, 0.2) is 30.6 Å². The summed E-state index contributed by atoms with van der Waals surface area (Å²) in [4.78, 5) is 18.5. The van der Waals surface area contributed by atoms with E-state index in [4.69, 9.17) is 0 Å². The maximum Gasteiger partial charge on any atom is 0.227 e. The van der Waals surface area contributed by atoms with Crippen LogP contribution >= 0.6 is 0 Å². The molecule has 0 atom stereocenters. The van der Waals surface area contributed by atoms with E-state index in [-0.39, 0.29) is 5.91 Å². The molecule has 0 aromatic carbocycles. The molecule has 1 amide bonds. The lowest BCUT2D eigenvalue weighted by molar-refractivity contribution is -0.130. The molecule has 2 heterocycles. The molecule has 0 aliphatic rings. The summed E-state index contributed by atoms with van der Waals surface area (Å²) in [6, 6.07) is 6.12. The zero-order valence-corrected chi connectivity index (χ0v) is 14.0. The summed E-state index contributed by atoms with van der Waals surface area (Å²) in [6.07, 6.45) is 4.94. The molecule has 2 aromatic rings. The van der Waals surface area contributed by atoms with Gasteiger partial charge in [-0.05, 0) is 56.5 Å². The molecule has 0 spiro atoms. The van der Waals surface area contributed by atoms with Gasteiger partial charge in [0.15, 0.2) is 0 Å². The van der Waals surface area contributed by atoms with Crippen molar-refractivity contribution < 1.29 is 4.79 Å². The quantitative estimate of drug-likeness (QED) is 0.822. The van der Waals surface area contributed by atoms with Crippen LogP contribution < -0.4 is 0 Å². The molecule has 4 heteroatoms. The molecule has 0 saturated carbocycles. The van der Waals surface area contributed by atoms with E-state index < -0.39 is 0 Å². The Morgan fingerprint density at radius 1 is 1.27 bits per heavy atom. The molecule has 22 heavy (non-hydrogen) atoms. The van der Waals surface area contributed by atoms with Gasteiger partial charge in [-0.2, -0.15) is 0 Å². The molecule has 2 aromatic heterocycles. The van der Waals surface area contributed by atoms with Gasteiger partial charge in [-0.3, -0.25) is 9.78 Å². The first-order valence-electron chi connectivity index (χ1n) is 7.81. The van der Waals surface area contributed by atoms with Crippen LogP contribution in [0.5, 0.6) is 0 Å².